The first-order chi connectivity index (χ1) is 11.6. The average molecular weight is 324 g/mol. The molecule has 120 valence electrons. The maximum absolute atomic E-state index is 12.9. The number of rotatable bonds is 4. The number of halogens is 1. The molecule has 0 atom stereocenters. The molecule has 6 nitrogen and oxygen atoms in total. The van der Waals surface area contributed by atoms with Crippen LogP contribution in [-0.4, -0.2) is 22.0 Å². The summed E-state index contributed by atoms with van der Waals surface area (Å²) in [4.78, 5) is 24.0. The summed E-state index contributed by atoms with van der Waals surface area (Å²) in [7, 11) is 0. The van der Waals surface area contributed by atoms with Crippen LogP contribution in [0.4, 0.5) is 15.8 Å². The van der Waals surface area contributed by atoms with Crippen molar-refractivity contribution in [2.75, 3.05) is 10.6 Å². The maximum Gasteiger partial charge on any atom is 0.276 e. The molecule has 24 heavy (non-hydrogen) atoms. The van der Waals surface area contributed by atoms with Crippen molar-refractivity contribution in [3.8, 4) is 0 Å². The summed E-state index contributed by atoms with van der Waals surface area (Å²) < 4.78 is 12.9. The molecule has 3 aromatic rings. The van der Waals surface area contributed by atoms with E-state index in [1.807, 2.05) is 0 Å². The highest BCUT2D eigenvalue weighted by Crippen LogP contribution is 2.26. The van der Waals surface area contributed by atoms with Crippen LogP contribution in [0.1, 0.15) is 10.5 Å². The zero-order chi connectivity index (χ0) is 17.1. The summed E-state index contributed by atoms with van der Waals surface area (Å²) in [5, 5.41) is 12.5. The van der Waals surface area contributed by atoms with Gasteiger partial charge in [-0.25, -0.2) is 4.39 Å². The molecule has 1 aromatic heterocycles. The third-order valence-corrected chi connectivity index (χ3v) is 3.35. The molecule has 0 fully saturated rings. The minimum absolute atomic E-state index is 0.120. The molecule has 0 unspecified atom stereocenters. The van der Waals surface area contributed by atoms with Gasteiger partial charge in [-0.1, -0.05) is 12.6 Å². The molecule has 0 saturated heterocycles. The summed E-state index contributed by atoms with van der Waals surface area (Å²) in [6.45, 7) is 3.40. The Bertz CT molecular complexity index is 931. The summed E-state index contributed by atoms with van der Waals surface area (Å²) in [5.74, 6) is -1.27. The van der Waals surface area contributed by atoms with Gasteiger partial charge in [-0.2, -0.15) is 5.10 Å². The average Bonchev–Trinajstić information content (AvgIpc) is 3.02. The molecule has 0 aliphatic rings. The number of H-pyrrole nitrogens is 1. The van der Waals surface area contributed by atoms with Crippen molar-refractivity contribution in [1.29, 1.82) is 0 Å². The number of carbonyl (C=O) groups is 2. The number of nitrogens with zero attached hydrogens (tertiary/aromatic N) is 1. The normalized spacial score (nSPS) is 10.4. The third-order valence-electron chi connectivity index (χ3n) is 3.35. The first-order valence-electron chi connectivity index (χ1n) is 7.06. The van der Waals surface area contributed by atoms with Crippen LogP contribution < -0.4 is 10.6 Å². The van der Waals surface area contributed by atoms with Gasteiger partial charge < -0.3 is 10.6 Å². The maximum atomic E-state index is 12.9. The zero-order valence-corrected chi connectivity index (χ0v) is 12.5. The van der Waals surface area contributed by atoms with Crippen molar-refractivity contribution < 1.29 is 14.0 Å². The summed E-state index contributed by atoms with van der Waals surface area (Å²) in [6, 6.07) is 10.5. The van der Waals surface area contributed by atoms with Crippen molar-refractivity contribution >= 4 is 34.1 Å². The molecule has 3 rings (SSSR count). The molecular weight excluding hydrogens is 311 g/mol. The van der Waals surface area contributed by atoms with E-state index in [0.717, 1.165) is 6.08 Å². The number of carbonyl (C=O) groups excluding carboxylic acids is 2. The fourth-order valence-corrected chi connectivity index (χ4v) is 2.25. The van der Waals surface area contributed by atoms with Crippen LogP contribution >= 0.6 is 0 Å². The topological polar surface area (TPSA) is 86.9 Å². The second-order valence-electron chi connectivity index (χ2n) is 4.95. The van der Waals surface area contributed by atoms with E-state index < -0.39 is 17.6 Å². The quantitative estimate of drug-likeness (QED) is 0.645. The van der Waals surface area contributed by atoms with E-state index in [4.69, 9.17) is 0 Å². The standard InChI is InChI=1S/C17H13FN4O2/c1-2-14(23)20-12-4-3-5-13-15(12)16(22-21-13)17(24)19-11-8-6-10(18)7-9-11/h2-9H,1H2,(H,19,24)(H,20,23)(H,21,22). The number of amides is 2. The molecule has 3 N–H and O–H groups in total. The SMILES string of the molecule is C=CC(=O)Nc1cccc2[nH]nc(C(=O)Nc3ccc(F)cc3)c12. The van der Waals surface area contributed by atoms with Crippen LogP contribution in [0.3, 0.4) is 0 Å². The Morgan fingerprint density at radius 3 is 2.58 bits per heavy atom. The van der Waals surface area contributed by atoms with Crippen LogP contribution in [0.5, 0.6) is 0 Å². The predicted molar refractivity (Wildman–Crippen MR) is 89.3 cm³/mol. The number of aromatic nitrogens is 2. The first kappa shape index (κ1) is 15.4. The Morgan fingerprint density at radius 2 is 1.88 bits per heavy atom. The molecule has 0 aliphatic heterocycles. The highest BCUT2D eigenvalue weighted by Gasteiger charge is 2.18. The lowest BCUT2D eigenvalue weighted by Gasteiger charge is -2.06. The van der Waals surface area contributed by atoms with Gasteiger partial charge in [0.2, 0.25) is 5.91 Å². The van der Waals surface area contributed by atoms with Crippen molar-refractivity contribution in [3.63, 3.8) is 0 Å². The molecule has 0 spiro atoms. The number of hydrogen-bond donors (Lipinski definition) is 3. The second-order valence-corrected chi connectivity index (χ2v) is 4.95. The van der Waals surface area contributed by atoms with E-state index in [1.165, 1.54) is 24.3 Å². The van der Waals surface area contributed by atoms with Gasteiger partial charge in [0.05, 0.1) is 16.6 Å². The van der Waals surface area contributed by atoms with E-state index in [1.54, 1.807) is 18.2 Å². The first-order valence-corrected chi connectivity index (χ1v) is 7.06. The summed E-state index contributed by atoms with van der Waals surface area (Å²) in [5.41, 5.74) is 1.59. The van der Waals surface area contributed by atoms with Gasteiger partial charge in [0, 0.05) is 5.69 Å². The van der Waals surface area contributed by atoms with E-state index in [-0.39, 0.29) is 5.69 Å². The second kappa shape index (κ2) is 6.33. The molecule has 0 radical (unpaired) electrons. The number of aromatic amines is 1. The van der Waals surface area contributed by atoms with Gasteiger partial charge in [-0.3, -0.25) is 14.7 Å². The lowest BCUT2D eigenvalue weighted by molar-refractivity contribution is -0.111. The molecule has 1 heterocycles. The number of fused-ring (bicyclic) bond motifs is 1. The van der Waals surface area contributed by atoms with Gasteiger partial charge in [0.15, 0.2) is 5.69 Å². The molecular formula is C17H13FN4O2. The van der Waals surface area contributed by atoms with Crippen molar-refractivity contribution in [3.05, 3.63) is 66.6 Å². The molecule has 2 amide bonds. The molecule has 0 saturated carbocycles. The lowest BCUT2D eigenvalue weighted by Crippen LogP contribution is -2.14. The van der Waals surface area contributed by atoms with Gasteiger partial charge in [-0.15, -0.1) is 0 Å². The Kier molecular flexibility index (Phi) is 4.07. The number of benzene rings is 2. The van der Waals surface area contributed by atoms with Crippen molar-refractivity contribution in [2.24, 2.45) is 0 Å². The monoisotopic (exact) mass is 324 g/mol. The smallest absolute Gasteiger partial charge is 0.276 e. The van der Waals surface area contributed by atoms with Crippen LogP contribution in [-0.2, 0) is 4.79 Å². The van der Waals surface area contributed by atoms with Gasteiger partial charge in [0.25, 0.3) is 5.91 Å². The van der Waals surface area contributed by atoms with E-state index in [2.05, 4.69) is 27.4 Å². The van der Waals surface area contributed by atoms with Gasteiger partial charge in [-0.05, 0) is 42.5 Å². The predicted octanol–water partition coefficient (Wildman–Crippen LogP) is 3.08. The van der Waals surface area contributed by atoms with Gasteiger partial charge >= 0.3 is 0 Å². The zero-order valence-electron chi connectivity index (χ0n) is 12.5. The van der Waals surface area contributed by atoms with Crippen LogP contribution in [0.2, 0.25) is 0 Å². The van der Waals surface area contributed by atoms with E-state index in [9.17, 15) is 14.0 Å². The summed E-state index contributed by atoms with van der Waals surface area (Å²) >= 11 is 0. The third kappa shape index (κ3) is 3.00. The van der Waals surface area contributed by atoms with Crippen LogP contribution in [0.15, 0.2) is 55.1 Å². The van der Waals surface area contributed by atoms with Crippen LogP contribution in [0.25, 0.3) is 10.9 Å². The van der Waals surface area contributed by atoms with Crippen LogP contribution in [0, 0.1) is 5.82 Å². The van der Waals surface area contributed by atoms with Crippen molar-refractivity contribution in [2.45, 2.75) is 0 Å². The molecule has 0 bridgehead atoms. The minimum atomic E-state index is -0.479. The Hall–Kier alpha value is -3.48. The molecule has 2 aromatic carbocycles. The molecule has 0 aliphatic carbocycles. The Balaban J connectivity index is 1.96. The summed E-state index contributed by atoms with van der Waals surface area (Å²) in [6.07, 6.45) is 1.14. The minimum Gasteiger partial charge on any atom is -0.322 e. The highest BCUT2D eigenvalue weighted by molar-refractivity contribution is 6.16. The van der Waals surface area contributed by atoms with E-state index >= 15 is 0 Å². The fraction of sp³-hybridized carbons (Fsp3) is 0. The van der Waals surface area contributed by atoms with Crippen molar-refractivity contribution in [1.82, 2.24) is 10.2 Å². The van der Waals surface area contributed by atoms with E-state index in [0.29, 0.717) is 22.3 Å². The lowest BCUT2D eigenvalue weighted by atomic mass is 10.1. The number of hydrogen-bond acceptors (Lipinski definition) is 3. The Morgan fingerprint density at radius 1 is 1.12 bits per heavy atom. The van der Waals surface area contributed by atoms with Gasteiger partial charge in [0.1, 0.15) is 5.82 Å². The fourth-order valence-electron chi connectivity index (χ4n) is 2.25. The highest BCUT2D eigenvalue weighted by atomic mass is 19.1. The Labute approximate surface area is 136 Å². The number of anilines is 2. The largest absolute Gasteiger partial charge is 0.322 e. The number of nitrogens with one attached hydrogen (secondary N) is 3. The molecule has 7 heteroatoms.